The van der Waals surface area contributed by atoms with Crippen LogP contribution < -0.4 is 20.3 Å². The molecule has 1 fully saturated rings. The molecule has 1 aliphatic heterocycles. The maximum absolute atomic E-state index is 12.3. The molecule has 2 aromatic heterocycles. The van der Waals surface area contributed by atoms with E-state index in [9.17, 15) is 13.2 Å². The summed E-state index contributed by atoms with van der Waals surface area (Å²) in [5.41, 5.74) is 2.18. The molecular formula is C21H21F3N6O. The number of hydrogen-bond donors (Lipinski definition) is 2. The second-order valence-corrected chi connectivity index (χ2v) is 7.13. The zero-order valence-electron chi connectivity index (χ0n) is 16.7. The van der Waals surface area contributed by atoms with Crippen LogP contribution in [0.15, 0.2) is 55.0 Å². The minimum atomic E-state index is -4.72. The summed E-state index contributed by atoms with van der Waals surface area (Å²) in [7, 11) is 0. The Bertz CT molecular complexity index is 1030. The number of piperazine rings is 1. The predicted molar refractivity (Wildman–Crippen MR) is 111 cm³/mol. The molecule has 4 rings (SSSR count). The quantitative estimate of drug-likeness (QED) is 0.634. The number of aromatic nitrogens is 3. The molecule has 1 saturated heterocycles. The van der Waals surface area contributed by atoms with E-state index < -0.39 is 6.36 Å². The van der Waals surface area contributed by atoms with Gasteiger partial charge in [-0.1, -0.05) is 0 Å². The number of ether oxygens (including phenoxy) is 1. The van der Waals surface area contributed by atoms with Crippen molar-refractivity contribution in [2.24, 2.45) is 0 Å². The Hall–Kier alpha value is -3.40. The molecular weight excluding hydrogens is 409 g/mol. The number of benzene rings is 1. The lowest BCUT2D eigenvalue weighted by Gasteiger charge is -2.35. The summed E-state index contributed by atoms with van der Waals surface area (Å²) in [4.78, 5) is 15.3. The van der Waals surface area contributed by atoms with E-state index in [0.29, 0.717) is 23.2 Å². The van der Waals surface area contributed by atoms with Gasteiger partial charge in [-0.25, -0.2) is 15.0 Å². The average molecular weight is 430 g/mol. The average Bonchev–Trinajstić information content (AvgIpc) is 2.75. The summed E-state index contributed by atoms with van der Waals surface area (Å²) in [6.45, 7) is 4.84. The lowest BCUT2D eigenvalue weighted by atomic mass is 10.1. The third-order valence-corrected chi connectivity index (χ3v) is 4.86. The Balaban J connectivity index is 1.50. The van der Waals surface area contributed by atoms with E-state index in [2.05, 4.69) is 42.1 Å². The number of hydrogen-bond acceptors (Lipinski definition) is 7. The van der Waals surface area contributed by atoms with Crippen molar-refractivity contribution in [1.29, 1.82) is 0 Å². The molecule has 0 bridgehead atoms. The highest BCUT2D eigenvalue weighted by atomic mass is 19.4. The van der Waals surface area contributed by atoms with Gasteiger partial charge >= 0.3 is 6.36 Å². The molecule has 7 nitrogen and oxygen atoms in total. The van der Waals surface area contributed by atoms with Crippen molar-refractivity contribution >= 4 is 17.3 Å². The van der Waals surface area contributed by atoms with E-state index in [1.54, 1.807) is 12.3 Å². The van der Waals surface area contributed by atoms with Crippen LogP contribution in [0.3, 0.4) is 0 Å². The largest absolute Gasteiger partial charge is 0.573 e. The van der Waals surface area contributed by atoms with Crippen molar-refractivity contribution in [1.82, 2.24) is 20.3 Å². The summed E-state index contributed by atoms with van der Waals surface area (Å²) in [6, 6.07) is 11.4. The first-order valence-corrected chi connectivity index (χ1v) is 9.76. The molecule has 0 amide bonds. The van der Waals surface area contributed by atoms with Crippen molar-refractivity contribution in [3.8, 4) is 17.0 Å². The molecule has 1 atom stereocenters. The first-order chi connectivity index (χ1) is 14.9. The van der Waals surface area contributed by atoms with Gasteiger partial charge in [-0.2, -0.15) is 0 Å². The van der Waals surface area contributed by atoms with Crippen LogP contribution >= 0.6 is 0 Å². The second-order valence-electron chi connectivity index (χ2n) is 7.13. The third-order valence-electron chi connectivity index (χ3n) is 4.86. The van der Waals surface area contributed by atoms with E-state index in [1.807, 2.05) is 12.1 Å². The number of rotatable bonds is 5. The van der Waals surface area contributed by atoms with Crippen molar-refractivity contribution in [3.05, 3.63) is 55.0 Å². The van der Waals surface area contributed by atoms with E-state index in [4.69, 9.17) is 0 Å². The number of anilines is 3. The SMILES string of the molecule is CC1CNCCN1c1cc(-c2cc(Nc3ccc(OC(F)(F)F)cc3)ncn2)ccn1. The second kappa shape index (κ2) is 8.76. The molecule has 0 aliphatic carbocycles. The highest BCUT2D eigenvalue weighted by Crippen LogP contribution is 2.27. The van der Waals surface area contributed by atoms with Gasteiger partial charge in [-0.3, -0.25) is 0 Å². The molecule has 0 spiro atoms. The van der Waals surface area contributed by atoms with Gasteiger partial charge in [0.2, 0.25) is 0 Å². The van der Waals surface area contributed by atoms with Gasteiger partial charge in [-0.05, 0) is 43.3 Å². The fourth-order valence-electron chi connectivity index (χ4n) is 3.39. The lowest BCUT2D eigenvalue weighted by Crippen LogP contribution is -2.50. The highest BCUT2D eigenvalue weighted by molar-refractivity contribution is 5.67. The first kappa shape index (κ1) is 20.9. The molecule has 0 radical (unpaired) electrons. The molecule has 1 aliphatic rings. The molecule has 1 aromatic carbocycles. The van der Waals surface area contributed by atoms with Gasteiger partial charge in [0.15, 0.2) is 0 Å². The molecule has 3 aromatic rings. The molecule has 0 saturated carbocycles. The predicted octanol–water partition coefficient (Wildman–Crippen LogP) is 3.98. The Morgan fingerprint density at radius 3 is 2.65 bits per heavy atom. The van der Waals surface area contributed by atoms with E-state index in [-0.39, 0.29) is 5.75 Å². The number of nitrogens with zero attached hydrogens (tertiary/aromatic N) is 4. The smallest absolute Gasteiger partial charge is 0.406 e. The van der Waals surface area contributed by atoms with E-state index in [1.165, 1.54) is 30.6 Å². The van der Waals surface area contributed by atoms with Crippen LogP contribution in [0.25, 0.3) is 11.3 Å². The zero-order chi connectivity index (χ0) is 21.8. The van der Waals surface area contributed by atoms with Gasteiger partial charge in [0.05, 0.1) is 5.69 Å². The fourth-order valence-corrected chi connectivity index (χ4v) is 3.39. The normalized spacial score (nSPS) is 16.8. The summed E-state index contributed by atoms with van der Waals surface area (Å²) in [5, 5.41) is 6.43. The molecule has 1 unspecified atom stereocenters. The third kappa shape index (κ3) is 5.40. The van der Waals surface area contributed by atoms with Gasteiger partial charge in [0.1, 0.15) is 23.7 Å². The number of nitrogens with one attached hydrogen (secondary N) is 2. The maximum Gasteiger partial charge on any atom is 0.573 e. The van der Waals surface area contributed by atoms with Crippen LogP contribution in [0, 0.1) is 0 Å². The Morgan fingerprint density at radius 1 is 1.10 bits per heavy atom. The molecule has 162 valence electrons. The summed E-state index contributed by atoms with van der Waals surface area (Å²) in [6.07, 6.45) is -1.53. The van der Waals surface area contributed by atoms with Gasteiger partial charge in [-0.15, -0.1) is 13.2 Å². The van der Waals surface area contributed by atoms with Crippen LogP contribution in [0.2, 0.25) is 0 Å². The maximum atomic E-state index is 12.3. The van der Waals surface area contributed by atoms with Crippen LogP contribution in [0.1, 0.15) is 6.92 Å². The fraction of sp³-hybridized carbons (Fsp3) is 0.286. The van der Waals surface area contributed by atoms with Crippen LogP contribution in [0.5, 0.6) is 5.75 Å². The van der Waals surface area contributed by atoms with E-state index >= 15 is 0 Å². The summed E-state index contributed by atoms with van der Waals surface area (Å²) < 4.78 is 40.8. The molecule has 31 heavy (non-hydrogen) atoms. The zero-order valence-corrected chi connectivity index (χ0v) is 16.7. The Labute approximate surface area is 177 Å². The van der Waals surface area contributed by atoms with E-state index in [0.717, 1.165) is 31.0 Å². The Morgan fingerprint density at radius 2 is 1.90 bits per heavy atom. The van der Waals surface area contributed by atoms with Crippen LogP contribution in [-0.4, -0.2) is 47.0 Å². The van der Waals surface area contributed by atoms with Crippen molar-refractivity contribution in [2.45, 2.75) is 19.3 Å². The minimum Gasteiger partial charge on any atom is -0.406 e. The minimum absolute atomic E-state index is 0.284. The van der Waals surface area contributed by atoms with Crippen LogP contribution in [0.4, 0.5) is 30.5 Å². The standard InChI is InChI=1S/C21H21F3N6O/c1-14-12-25-8-9-30(14)20-10-15(6-7-26-20)18-11-19(28-13-27-18)29-16-2-4-17(5-3-16)31-21(22,23)24/h2-7,10-11,13-14,25H,8-9,12H2,1H3,(H,27,28,29). The lowest BCUT2D eigenvalue weighted by molar-refractivity contribution is -0.274. The van der Waals surface area contributed by atoms with Crippen LogP contribution in [-0.2, 0) is 0 Å². The molecule has 3 heterocycles. The van der Waals surface area contributed by atoms with Crippen molar-refractivity contribution in [3.63, 3.8) is 0 Å². The monoisotopic (exact) mass is 430 g/mol. The number of alkyl halides is 3. The number of pyridine rings is 1. The van der Waals surface area contributed by atoms with Gasteiger partial charge in [0.25, 0.3) is 0 Å². The van der Waals surface area contributed by atoms with Crippen molar-refractivity contribution < 1.29 is 17.9 Å². The topological polar surface area (TPSA) is 75.2 Å². The Kier molecular flexibility index (Phi) is 5.90. The highest BCUT2D eigenvalue weighted by Gasteiger charge is 2.31. The van der Waals surface area contributed by atoms with Crippen molar-refractivity contribution in [2.75, 3.05) is 29.9 Å². The molecule has 2 N–H and O–H groups in total. The summed E-state index contributed by atoms with van der Waals surface area (Å²) in [5.74, 6) is 1.12. The number of halogens is 3. The molecule has 10 heteroatoms. The summed E-state index contributed by atoms with van der Waals surface area (Å²) >= 11 is 0. The first-order valence-electron chi connectivity index (χ1n) is 9.76. The van der Waals surface area contributed by atoms with Gasteiger partial charge < -0.3 is 20.3 Å². The van der Waals surface area contributed by atoms with Gasteiger partial charge in [0, 0.05) is 49.2 Å².